The smallest absolute Gasteiger partial charge is 0.145 e. The molecule has 2 aromatic rings. The Morgan fingerprint density at radius 2 is 2.18 bits per heavy atom. The van der Waals surface area contributed by atoms with Crippen molar-refractivity contribution in [3.8, 4) is 11.8 Å². The lowest BCUT2D eigenvalue weighted by Crippen LogP contribution is -2.04. The van der Waals surface area contributed by atoms with Crippen LogP contribution in [0.2, 0.25) is 0 Å². The monoisotopic (exact) mass is 222 g/mol. The number of nitrogens with zero attached hydrogens (tertiary/aromatic N) is 2. The summed E-state index contributed by atoms with van der Waals surface area (Å²) in [5.74, 6) is 0.805. The minimum atomic E-state index is -0.0688. The first-order valence-electron chi connectivity index (χ1n) is 5.48. The highest BCUT2D eigenvalue weighted by Crippen LogP contribution is 2.37. The zero-order valence-corrected chi connectivity index (χ0v) is 9.13. The van der Waals surface area contributed by atoms with Gasteiger partial charge in [0.2, 0.25) is 0 Å². The van der Waals surface area contributed by atoms with Gasteiger partial charge in [0.25, 0.3) is 0 Å². The molecule has 0 N–H and O–H groups in total. The summed E-state index contributed by atoms with van der Waals surface area (Å²) in [6, 6.07) is 13.5. The summed E-state index contributed by atoms with van der Waals surface area (Å²) in [4.78, 5) is 4.29. The lowest BCUT2D eigenvalue weighted by Gasteiger charge is -2.08. The van der Waals surface area contributed by atoms with Gasteiger partial charge in [0.05, 0.1) is 17.3 Å². The normalized spacial score (nSPS) is 17.0. The highest BCUT2D eigenvalue weighted by atomic mass is 16.5. The van der Waals surface area contributed by atoms with E-state index in [1.54, 1.807) is 6.20 Å². The molecule has 2 heterocycles. The van der Waals surface area contributed by atoms with Gasteiger partial charge in [0.1, 0.15) is 11.9 Å². The van der Waals surface area contributed by atoms with Gasteiger partial charge in [0, 0.05) is 18.2 Å². The fourth-order valence-electron chi connectivity index (χ4n) is 2.10. The minimum absolute atomic E-state index is 0.0688. The molecule has 1 unspecified atom stereocenters. The van der Waals surface area contributed by atoms with E-state index in [-0.39, 0.29) is 6.10 Å². The van der Waals surface area contributed by atoms with Crippen molar-refractivity contribution in [2.75, 3.05) is 0 Å². The molecule has 1 atom stereocenters. The maximum absolute atomic E-state index is 9.04. The van der Waals surface area contributed by atoms with Gasteiger partial charge in [-0.3, -0.25) is 4.98 Å². The second-order valence-corrected chi connectivity index (χ2v) is 3.96. The second kappa shape index (κ2) is 3.91. The molecule has 1 aromatic heterocycles. The van der Waals surface area contributed by atoms with Crippen molar-refractivity contribution in [2.45, 2.75) is 12.5 Å². The van der Waals surface area contributed by atoms with E-state index in [1.165, 1.54) is 0 Å². The predicted molar refractivity (Wildman–Crippen MR) is 62.5 cm³/mol. The minimum Gasteiger partial charge on any atom is -0.483 e. The highest BCUT2D eigenvalue weighted by Gasteiger charge is 2.27. The van der Waals surface area contributed by atoms with E-state index in [0.29, 0.717) is 5.56 Å². The third kappa shape index (κ3) is 1.64. The standard InChI is InChI=1S/C14H10N2O/c15-9-10-4-3-6-13-11(10)8-14(17-13)12-5-1-2-7-16-12/h1-7,14H,8H2. The second-order valence-electron chi connectivity index (χ2n) is 3.96. The van der Waals surface area contributed by atoms with Crippen LogP contribution in [0.4, 0.5) is 0 Å². The molecule has 1 aliphatic heterocycles. The third-order valence-electron chi connectivity index (χ3n) is 2.93. The van der Waals surface area contributed by atoms with Crippen LogP contribution in [0.25, 0.3) is 0 Å². The van der Waals surface area contributed by atoms with Gasteiger partial charge in [-0.05, 0) is 24.3 Å². The van der Waals surface area contributed by atoms with Crippen molar-refractivity contribution in [1.82, 2.24) is 4.98 Å². The molecule has 0 aliphatic carbocycles. The summed E-state index contributed by atoms with van der Waals surface area (Å²) >= 11 is 0. The molecule has 0 saturated heterocycles. The van der Waals surface area contributed by atoms with Gasteiger partial charge < -0.3 is 4.74 Å². The molecule has 0 fully saturated rings. The zero-order chi connectivity index (χ0) is 11.7. The Bertz CT molecular complexity index is 587. The number of hydrogen-bond donors (Lipinski definition) is 0. The molecule has 3 nitrogen and oxygen atoms in total. The Labute approximate surface area is 99.3 Å². The fourth-order valence-corrected chi connectivity index (χ4v) is 2.10. The highest BCUT2D eigenvalue weighted by molar-refractivity contribution is 5.49. The predicted octanol–water partition coefficient (Wildman–Crippen LogP) is 2.63. The van der Waals surface area contributed by atoms with E-state index in [4.69, 9.17) is 10.00 Å². The van der Waals surface area contributed by atoms with Crippen LogP contribution in [0, 0.1) is 11.3 Å². The van der Waals surface area contributed by atoms with Crippen LogP contribution < -0.4 is 4.74 Å². The molecule has 82 valence electrons. The average molecular weight is 222 g/mol. The molecular weight excluding hydrogens is 212 g/mol. The molecule has 0 bridgehead atoms. The Balaban J connectivity index is 1.97. The summed E-state index contributed by atoms with van der Waals surface area (Å²) < 4.78 is 5.82. The van der Waals surface area contributed by atoms with Crippen LogP contribution in [0.15, 0.2) is 42.6 Å². The lowest BCUT2D eigenvalue weighted by atomic mass is 10.0. The van der Waals surface area contributed by atoms with Gasteiger partial charge in [-0.15, -0.1) is 0 Å². The van der Waals surface area contributed by atoms with Crippen molar-refractivity contribution in [1.29, 1.82) is 5.26 Å². The topological polar surface area (TPSA) is 45.9 Å². The third-order valence-corrected chi connectivity index (χ3v) is 2.93. The Kier molecular flexibility index (Phi) is 2.27. The van der Waals surface area contributed by atoms with Crippen LogP contribution in [-0.4, -0.2) is 4.98 Å². The van der Waals surface area contributed by atoms with Gasteiger partial charge in [-0.1, -0.05) is 12.1 Å². The summed E-state index contributed by atoms with van der Waals surface area (Å²) in [6.07, 6.45) is 2.41. The van der Waals surface area contributed by atoms with E-state index < -0.39 is 0 Å². The van der Waals surface area contributed by atoms with Gasteiger partial charge >= 0.3 is 0 Å². The summed E-state index contributed by atoms with van der Waals surface area (Å²) in [6.45, 7) is 0. The van der Waals surface area contributed by atoms with Gasteiger partial charge in [-0.25, -0.2) is 0 Å². The molecule has 17 heavy (non-hydrogen) atoms. The van der Waals surface area contributed by atoms with E-state index in [2.05, 4.69) is 11.1 Å². The molecule has 0 saturated carbocycles. The van der Waals surface area contributed by atoms with Crippen molar-refractivity contribution in [3.05, 3.63) is 59.4 Å². The molecule has 0 amide bonds. The number of pyridine rings is 1. The number of benzene rings is 1. The van der Waals surface area contributed by atoms with Gasteiger partial charge in [0.15, 0.2) is 0 Å². The molecule has 0 radical (unpaired) electrons. The Morgan fingerprint density at radius 3 is 2.94 bits per heavy atom. The summed E-state index contributed by atoms with van der Waals surface area (Å²) in [7, 11) is 0. The summed E-state index contributed by atoms with van der Waals surface area (Å²) in [5, 5.41) is 9.04. The number of fused-ring (bicyclic) bond motifs is 1. The van der Waals surface area contributed by atoms with Crippen LogP contribution in [0.1, 0.15) is 22.9 Å². The van der Waals surface area contributed by atoms with Crippen LogP contribution in [0.5, 0.6) is 5.75 Å². The maximum atomic E-state index is 9.04. The van der Waals surface area contributed by atoms with E-state index in [1.807, 2.05) is 36.4 Å². The lowest BCUT2D eigenvalue weighted by molar-refractivity contribution is 0.233. The van der Waals surface area contributed by atoms with Crippen LogP contribution in [-0.2, 0) is 6.42 Å². The van der Waals surface area contributed by atoms with E-state index >= 15 is 0 Å². The first kappa shape index (κ1) is 9.86. The van der Waals surface area contributed by atoms with Gasteiger partial charge in [-0.2, -0.15) is 5.26 Å². The number of hydrogen-bond acceptors (Lipinski definition) is 3. The Hall–Kier alpha value is -2.34. The van der Waals surface area contributed by atoms with E-state index in [0.717, 1.165) is 23.4 Å². The SMILES string of the molecule is N#Cc1cccc2c1CC(c1ccccn1)O2. The first-order valence-corrected chi connectivity index (χ1v) is 5.48. The average Bonchev–Trinajstić information content (AvgIpc) is 2.83. The summed E-state index contributed by atoms with van der Waals surface area (Å²) in [5.41, 5.74) is 2.60. The number of ether oxygens (including phenoxy) is 1. The number of nitriles is 1. The van der Waals surface area contributed by atoms with Crippen LogP contribution >= 0.6 is 0 Å². The molecule has 1 aliphatic rings. The zero-order valence-electron chi connectivity index (χ0n) is 9.13. The van der Waals surface area contributed by atoms with E-state index in [9.17, 15) is 0 Å². The Morgan fingerprint density at radius 1 is 1.24 bits per heavy atom. The molecule has 3 rings (SSSR count). The van der Waals surface area contributed by atoms with Crippen molar-refractivity contribution in [3.63, 3.8) is 0 Å². The maximum Gasteiger partial charge on any atom is 0.145 e. The molecule has 3 heteroatoms. The first-order chi connectivity index (χ1) is 8.38. The molecule has 0 spiro atoms. The molecule has 1 aromatic carbocycles. The molecular formula is C14H10N2O. The quantitative estimate of drug-likeness (QED) is 0.745. The van der Waals surface area contributed by atoms with Crippen LogP contribution in [0.3, 0.4) is 0 Å². The van der Waals surface area contributed by atoms with Crippen molar-refractivity contribution >= 4 is 0 Å². The van der Waals surface area contributed by atoms with Crippen molar-refractivity contribution < 1.29 is 4.74 Å². The fraction of sp³-hybridized carbons (Fsp3) is 0.143. The van der Waals surface area contributed by atoms with Crippen molar-refractivity contribution in [2.24, 2.45) is 0 Å². The number of aromatic nitrogens is 1. The number of rotatable bonds is 1. The largest absolute Gasteiger partial charge is 0.483 e.